The van der Waals surface area contributed by atoms with Crippen molar-refractivity contribution >= 4 is 17.2 Å². The number of hydrogen-bond donors (Lipinski definition) is 0. The second-order valence-corrected chi connectivity index (χ2v) is 8.70. The highest BCUT2D eigenvalue weighted by Crippen LogP contribution is 2.36. The number of piperidine rings is 2. The zero-order valence-electron chi connectivity index (χ0n) is 17.2. The van der Waals surface area contributed by atoms with Crippen molar-refractivity contribution in [2.24, 2.45) is 0 Å². The number of halogens is 1. The van der Waals surface area contributed by atoms with Gasteiger partial charge in [-0.25, -0.2) is 9.37 Å². The van der Waals surface area contributed by atoms with Crippen LogP contribution in [0.3, 0.4) is 0 Å². The van der Waals surface area contributed by atoms with Crippen molar-refractivity contribution in [3.8, 4) is 0 Å². The Morgan fingerprint density at radius 3 is 2.62 bits per heavy atom. The summed E-state index contributed by atoms with van der Waals surface area (Å²) in [6.45, 7) is 5.37. The number of anilines is 3. The molecule has 3 aliphatic heterocycles. The van der Waals surface area contributed by atoms with E-state index in [1.165, 1.54) is 68.3 Å². The maximum Gasteiger partial charge on any atom is 0.134 e. The predicted molar refractivity (Wildman–Crippen MR) is 118 cm³/mol. The van der Waals surface area contributed by atoms with Crippen molar-refractivity contribution in [1.29, 1.82) is 0 Å². The molecule has 0 N–H and O–H groups in total. The van der Waals surface area contributed by atoms with Gasteiger partial charge in [0.15, 0.2) is 0 Å². The van der Waals surface area contributed by atoms with Crippen molar-refractivity contribution < 1.29 is 4.39 Å². The van der Waals surface area contributed by atoms with Gasteiger partial charge in [-0.15, -0.1) is 0 Å². The summed E-state index contributed by atoms with van der Waals surface area (Å²) in [5.74, 6) is 1.05. The number of fused-ring (bicyclic) bond motifs is 1. The van der Waals surface area contributed by atoms with Gasteiger partial charge in [-0.2, -0.15) is 0 Å². The number of rotatable bonds is 3. The number of nitrogens with zero attached hydrogens (tertiary/aromatic N) is 4. The van der Waals surface area contributed by atoms with E-state index in [1.807, 2.05) is 18.3 Å². The van der Waals surface area contributed by atoms with E-state index in [0.717, 1.165) is 38.2 Å². The van der Waals surface area contributed by atoms with E-state index in [-0.39, 0.29) is 5.82 Å². The Hall–Kier alpha value is -2.30. The van der Waals surface area contributed by atoms with Crippen LogP contribution < -0.4 is 14.7 Å². The van der Waals surface area contributed by atoms with Gasteiger partial charge in [-0.1, -0.05) is 6.07 Å². The molecule has 2 fully saturated rings. The molecule has 29 heavy (non-hydrogen) atoms. The molecular formula is C24H31FN4. The molecular weight excluding hydrogens is 363 g/mol. The van der Waals surface area contributed by atoms with Crippen LogP contribution in [-0.2, 0) is 6.42 Å². The molecule has 0 saturated carbocycles. The summed E-state index contributed by atoms with van der Waals surface area (Å²) in [6.07, 6.45) is 10.6. The van der Waals surface area contributed by atoms with E-state index >= 15 is 0 Å². The number of aromatic nitrogens is 1. The summed E-state index contributed by atoms with van der Waals surface area (Å²) >= 11 is 0. The van der Waals surface area contributed by atoms with Gasteiger partial charge in [0, 0.05) is 61.9 Å². The van der Waals surface area contributed by atoms with E-state index in [1.54, 1.807) is 6.07 Å². The second kappa shape index (κ2) is 8.21. The zero-order chi connectivity index (χ0) is 19.6. The largest absolute Gasteiger partial charge is 0.371 e. The van der Waals surface area contributed by atoms with Gasteiger partial charge in [0.25, 0.3) is 0 Å². The second-order valence-electron chi connectivity index (χ2n) is 8.70. The number of hydrogen-bond acceptors (Lipinski definition) is 4. The normalized spacial score (nSPS) is 22.5. The molecule has 2 aromatic rings. The molecule has 2 saturated heterocycles. The Bertz CT molecular complexity index is 849. The summed E-state index contributed by atoms with van der Waals surface area (Å²) in [7, 11) is 0. The minimum atomic E-state index is -0.152. The molecule has 0 aliphatic carbocycles. The predicted octanol–water partition coefficient (Wildman–Crippen LogP) is 4.63. The molecule has 5 heteroatoms. The molecule has 154 valence electrons. The van der Waals surface area contributed by atoms with Crippen molar-refractivity contribution in [3.05, 3.63) is 47.9 Å². The van der Waals surface area contributed by atoms with Crippen LogP contribution in [0.2, 0.25) is 0 Å². The lowest BCUT2D eigenvalue weighted by Gasteiger charge is -2.44. The van der Waals surface area contributed by atoms with Gasteiger partial charge in [0.05, 0.1) is 0 Å². The number of pyridine rings is 1. The summed E-state index contributed by atoms with van der Waals surface area (Å²) in [6, 6.07) is 9.71. The fraction of sp³-hybridized carbons (Fsp3) is 0.542. The smallest absolute Gasteiger partial charge is 0.134 e. The highest BCUT2D eigenvalue weighted by molar-refractivity contribution is 5.66. The van der Waals surface area contributed by atoms with E-state index < -0.39 is 0 Å². The third-order valence-corrected chi connectivity index (χ3v) is 6.81. The summed E-state index contributed by atoms with van der Waals surface area (Å²) in [4.78, 5) is 12.3. The first kappa shape index (κ1) is 18.7. The van der Waals surface area contributed by atoms with Gasteiger partial charge >= 0.3 is 0 Å². The first-order valence-electron chi connectivity index (χ1n) is 11.3. The molecule has 4 heterocycles. The van der Waals surface area contributed by atoms with Gasteiger partial charge in [0.2, 0.25) is 0 Å². The Labute approximate surface area is 173 Å². The molecule has 0 spiro atoms. The Balaban J connectivity index is 1.40. The van der Waals surface area contributed by atoms with Crippen LogP contribution in [0.15, 0.2) is 36.5 Å². The van der Waals surface area contributed by atoms with Crippen LogP contribution in [0.1, 0.15) is 44.1 Å². The third kappa shape index (κ3) is 3.79. The topological polar surface area (TPSA) is 22.6 Å². The van der Waals surface area contributed by atoms with Crippen LogP contribution >= 0.6 is 0 Å². The molecule has 1 aromatic heterocycles. The lowest BCUT2D eigenvalue weighted by atomic mass is 9.96. The molecule has 1 unspecified atom stereocenters. The summed E-state index contributed by atoms with van der Waals surface area (Å²) in [5.41, 5.74) is 3.86. The molecule has 1 aromatic carbocycles. The Morgan fingerprint density at radius 2 is 1.76 bits per heavy atom. The van der Waals surface area contributed by atoms with Gasteiger partial charge < -0.3 is 14.7 Å². The van der Waals surface area contributed by atoms with E-state index in [9.17, 15) is 4.39 Å². The van der Waals surface area contributed by atoms with Crippen molar-refractivity contribution in [3.63, 3.8) is 0 Å². The standard InChI is InChI=1S/C24H31FN4/c25-19-7-4-8-20(17-19)28-15-5-9-21(18-28)29-16-6-10-22-23(11-12-26-24(22)29)27-13-2-1-3-14-27/h4,7-8,11-12,17,21H,1-3,5-6,9-10,13-16,18H2. The zero-order valence-corrected chi connectivity index (χ0v) is 17.2. The Kier molecular flexibility index (Phi) is 5.30. The third-order valence-electron chi connectivity index (χ3n) is 6.81. The highest BCUT2D eigenvalue weighted by atomic mass is 19.1. The quantitative estimate of drug-likeness (QED) is 0.757. The van der Waals surface area contributed by atoms with E-state index in [4.69, 9.17) is 4.98 Å². The Morgan fingerprint density at radius 1 is 0.897 bits per heavy atom. The van der Waals surface area contributed by atoms with E-state index in [2.05, 4.69) is 20.8 Å². The molecule has 0 amide bonds. The molecule has 4 nitrogen and oxygen atoms in total. The monoisotopic (exact) mass is 394 g/mol. The molecule has 0 radical (unpaired) electrons. The molecule has 0 bridgehead atoms. The van der Waals surface area contributed by atoms with Crippen molar-refractivity contribution in [2.45, 2.75) is 51.0 Å². The first-order chi connectivity index (χ1) is 14.3. The first-order valence-corrected chi connectivity index (χ1v) is 11.3. The SMILES string of the molecule is Fc1cccc(N2CCCC(N3CCCc4c(N5CCCCC5)ccnc43)C2)c1. The lowest BCUT2D eigenvalue weighted by Crippen LogP contribution is -2.50. The molecule has 1 atom stereocenters. The molecule has 5 rings (SSSR count). The fourth-order valence-corrected chi connectivity index (χ4v) is 5.39. The lowest BCUT2D eigenvalue weighted by molar-refractivity contribution is 0.456. The average Bonchev–Trinajstić information content (AvgIpc) is 2.79. The maximum absolute atomic E-state index is 13.7. The van der Waals surface area contributed by atoms with Crippen LogP contribution in [0.25, 0.3) is 0 Å². The van der Waals surface area contributed by atoms with Gasteiger partial charge in [-0.05, 0) is 69.2 Å². The summed E-state index contributed by atoms with van der Waals surface area (Å²) < 4.78 is 13.7. The minimum Gasteiger partial charge on any atom is -0.371 e. The highest BCUT2D eigenvalue weighted by Gasteiger charge is 2.31. The van der Waals surface area contributed by atoms with Crippen LogP contribution in [-0.4, -0.2) is 43.7 Å². The van der Waals surface area contributed by atoms with Crippen LogP contribution in [0.5, 0.6) is 0 Å². The van der Waals surface area contributed by atoms with Gasteiger partial charge in [0.1, 0.15) is 11.6 Å². The molecule has 3 aliphatic rings. The average molecular weight is 395 g/mol. The minimum absolute atomic E-state index is 0.152. The fourth-order valence-electron chi connectivity index (χ4n) is 5.39. The number of benzene rings is 1. The van der Waals surface area contributed by atoms with Gasteiger partial charge in [-0.3, -0.25) is 0 Å². The maximum atomic E-state index is 13.7. The van der Waals surface area contributed by atoms with Crippen molar-refractivity contribution in [2.75, 3.05) is 47.4 Å². The summed E-state index contributed by atoms with van der Waals surface area (Å²) in [5, 5.41) is 0. The van der Waals surface area contributed by atoms with Crippen molar-refractivity contribution in [1.82, 2.24) is 4.98 Å². The van der Waals surface area contributed by atoms with E-state index in [0.29, 0.717) is 6.04 Å². The van der Waals surface area contributed by atoms with Crippen LogP contribution in [0, 0.1) is 5.82 Å². The van der Waals surface area contributed by atoms with Crippen LogP contribution in [0.4, 0.5) is 21.6 Å².